The van der Waals surface area contributed by atoms with E-state index in [0.717, 1.165) is 18.7 Å². The van der Waals surface area contributed by atoms with E-state index in [1.807, 2.05) is 12.1 Å². The lowest BCUT2D eigenvalue weighted by atomic mass is 10.0. The number of nitrogens with zero attached hydrogens (tertiary/aromatic N) is 1. The molecule has 0 aromatic heterocycles. The summed E-state index contributed by atoms with van der Waals surface area (Å²) >= 11 is 0. The summed E-state index contributed by atoms with van der Waals surface area (Å²) < 4.78 is 5.17. The Hall–Kier alpha value is -1.26. The Bertz CT molecular complexity index is 338. The van der Waals surface area contributed by atoms with Crippen molar-refractivity contribution in [2.24, 2.45) is 5.90 Å². The van der Waals surface area contributed by atoms with Gasteiger partial charge in [0.25, 0.3) is 0 Å². The molecule has 1 aromatic rings. The predicted octanol–water partition coefficient (Wildman–Crippen LogP) is 1.94. The summed E-state index contributed by atoms with van der Waals surface area (Å²) in [6, 6.07) is 8.55. The molecule has 2 rings (SSSR count). The van der Waals surface area contributed by atoms with Crippen molar-refractivity contribution >= 4 is 5.69 Å². The van der Waals surface area contributed by atoms with Crippen LogP contribution < -0.4 is 15.5 Å². The van der Waals surface area contributed by atoms with Gasteiger partial charge >= 0.3 is 0 Å². The van der Waals surface area contributed by atoms with Crippen molar-refractivity contribution in [1.82, 2.24) is 0 Å². The largest absolute Gasteiger partial charge is 0.497 e. The highest BCUT2D eigenvalue weighted by atomic mass is 16.6. The molecule has 4 nitrogen and oxygen atoms in total. The van der Waals surface area contributed by atoms with Gasteiger partial charge in [-0.1, -0.05) is 0 Å². The number of nitrogens with two attached hydrogens (primary N) is 1. The van der Waals surface area contributed by atoms with Gasteiger partial charge in [-0.2, -0.15) is 0 Å². The third-order valence-corrected chi connectivity index (χ3v) is 3.32. The normalized spacial score (nSPS) is 20.4. The van der Waals surface area contributed by atoms with Gasteiger partial charge < -0.3 is 14.5 Å². The van der Waals surface area contributed by atoms with Gasteiger partial charge in [0.2, 0.25) is 0 Å². The van der Waals surface area contributed by atoms with Crippen molar-refractivity contribution < 1.29 is 9.57 Å². The van der Waals surface area contributed by atoms with Gasteiger partial charge in [-0.25, -0.2) is 5.90 Å². The zero-order valence-electron chi connectivity index (χ0n) is 10.3. The van der Waals surface area contributed by atoms with Crippen LogP contribution in [-0.2, 0) is 4.84 Å². The van der Waals surface area contributed by atoms with Crippen molar-refractivity contribution in [3.8, 4) is 5.75 Å². The van der Waals surface area contributed by atoms with Crippen LogP contribution in [0.4, 0.5) is 5.69 Å². The molecule has 0 amide bonds. The lowest BCUT2D eigenvalue weighted by Crippen LogP contribution is -2.43. The van der Waals surface area contributed by atoms with E-state index in [9.17, 15) is 0 Å². The zero-order chi connectivity index (χ0) is 12.1. The van der Waals surface area contributed by atoms with E-state index < -0.39 is 0 Å². The van der Waals surface area contributed by atoms with Gasteiger partial charge in [-0.3, -0.25) is 0 Å². The Kier molecular flexibility index (Phi) is 4.23. The topological polar surface area (TPSA) is 47.7 Å². The maximum absolute atomic E-state index is 5.20. The van der Waals surface area contributed by atoms with Crippen molar-refractivity contribution in [3.05, 3.63) is 24.3 Å². The number of hydrogen-bond acceptors (Lipinski definition) is 4. The van der Waals surface area contributed by atoms with Crippen LogP contribution in [0.15, 0.2) is 24.3 Å². The molecule has 1 aliphatic heterocycles. The average Bonchev–Trinajstić information content (AvgIpc) is 2.40. The number of methoxy groups -OCH3 is 1. The van der Waals surface area contributed by atoms with Crippen LogP contribution >= 0.6 is 0 Å². The summed E-state index contributed by atoms with van der Waals surface area (Å²) in [6.45, 7) is 1.66. The van der Waals surface area contributed by atoms with E-state index in [0.29, 0.717) is 12.6 Å². The third-order valence-electron chi connectivity index (χ3n) is 3.32. The minimum atomic E-state index is 0.391. The highest BCUT2D eigenvalue weighted by Crippen LogP contribution is 2.26. The van der Waals surface area contributed by atoms with Gasteiger partial charge in [0, 0.05) is 12.2 Å². The molecule has 1 atom stereocenters. The van der Waals surface area contributed by atoms with Gasteiger partial charge in [0.15, 0.2) is 0 Å². The fourth-order valence-corrected chi connectivity index (χ4v) is 2.40. The predicted molar refractivity (Wildman–Crippen MR) is 68.1 cm³/mol. The fourth-order valence-electron chi connectivity index (χ4n) is 2.40. The highest BCUT2D eigenvalue weighted by Gasteiger charge is 2.22. The Morgan fingerprint density at radius 3 is 2.71 bits per heavy atom. The summed E-state index contributed by atoms with van der Waals surface area (Å²) in [5, 5.41) is 0. The average molecular weight is 236 g/mol. The molecule has 1 aromatic carbocycles. The summed E-state index contributed by atoms with van der Waals surface area (Å²) in [4.78, 5) is 7.18. The molecular formula is C13H20N2O2. The maximum Gasteiger partial charge on any atom is 0.119 e. The minimum absolute atomic E-state index is 0.391. The molecule has 0 radical (unpaired) electrons. The molecule has 1 unspecified atom stereocenters. The Morgan fingerprint density at radius 1 is 1.29 bits per heavy atom. The second-order valence-corrected chi connectivity index (χ2v) is 4.37. The molecule has 1 heterocycles. The number of benzene rings is 1. The second-order valence-electron chi connectivity index (χ2n) is 4.37. The molecule has 2 N–H and O–H groups in total. The maximum atomic E-state index is 5.20. The molecule has 0 aliphatic carbocycles. The second kappa shape index (κ2) is 5.89. The number of rotatable bonds is 4. The third kappa shape index (κ3) is 2.90. The van der Waals surface area contributed by atoms with E-state index >= 15 is 0 Å². The molecule has 17 heavy (non-hydrogen) atoms. The molecular weight excluding hydrogens is 216 g/mol. The van der Waals surface area contributed by atoms with E-state index in [4.69, 9.17) is 15.5 Å². The molecule has 1 fully saturated rings. The summed E-state index contributed by atoms with van der Waals surface area (Å²) in [5.41, 5.74) is 1.22. The smallest absolute Gasteiger partial charge is 0.119 e. The molecule has 1 saturated heterocycles. The lowest BCUT2D eigenvalue weighted by molar-refractivity contribution is 0.114. The first-order valence-corrected chi connectivity index (χ1v) is 6.07. The lowest BCUT2D eigenvalue weighted by Gasteiger charge is -2.37. The van der Waals surface area contributed by atoms with Crippen molar-refractivity contribution in [1.29, 1.82) is 0 Å². The summed E-state index contributed by atoms with van der Waals surface area (Å²) in [7, 11) is 1.68. The number of anilines is 1. The number of piperidine rings is 1. The first-order chi connectivity index (χ1) is 8.35. The first-order valence-electron chi connectivity index (χ1n) is 6.07. The van der Waals surface area contributed by atoms with E-state index in [1.54, 1.807) is 7.11 Å². The molecule has 1 aliphatic rings. The van der Waals surface area contributed by atoms with Crippen LogP contribution in [0.1, 0.15) is 19.3 Å². The summed E-state index contributed by atoms with van der Waals surface area (Å²) in [5.74, 6) is 6.09. The summed E-state index contributed by atoms with van der Waals surface area (Å²) in [6.07, 6.45) is 3.62. The van der Waals surface area contributed by atoms with Crippen LogP contribution in [0.5, 0.6) is 5.75 Å². The molecule has 94 valence electrons. The SMILES string of the molecule is COc1ccc(N2CCCCC2CON)cc1. The van der Waals surface area contributed by atoms with Gasteiger partial charge in [-0.05, 0) is 43.5 Å². The quantitative estimate of drug-likeness (QED) is 0.812. The van der Waals surface area contributed by atoms with Gasteiger partial charge in [0.1, 0.15) is 5.75 Å². The van der Waals surface area contributed by atoms with Gasteiger partial charge in [-0.15, -0.1) is 0 Å². The van der Waals surface area contributed by atoms with Crippen molar-refractivity contribution in [2.75, 3.05) is 25.2 Å². The zero-order valence-corrected chi connectivity index (χ0v) is 10.3. The van der Waals surface area contributed by atoms with Gasteiger partial charge in [0.05, 0.1) is 19.8 Å². The van der Waals surface area contributed by atoms with Crippen molar-refractivity contribution in [2.45, 2.75) is 25.3 Å². The molecule has 0 bridgehead atoms. The molecule has 0 saturated carbocycles. The molecule has 4 heteroatoms. The van der Waals surface area contributed by atoms with E-state index in [-0.39, 0.29) is 0 Å². The molecule has 0 spiro atoms. The van der Waals surface area contributed by atoms with Crippen LogP contribution in [0, 0.1) is 0 Å². The minimum Gasteiger partial charge on any atom is -0.497 e. The fraction of sp³-hybridized carbons (Fsp3) is 0.538. The standard InChI is InChI=1S/C13H20N2O2/c1-16-13-7-5-11(6-8-13)15-9-3-2-4-12(15)10-17-14/h5-8,12H,2-4,9-10,14H2,1H3. The Balaban J connectivity index is 2.11. The van der Waals surface area contributed by atoms with Crippen molar-refractivity contribution in [3.63, 3.8) is 0 Å². The Labute approximate surface area is 102 Å². The van der Waals surface area contributed by atoms with Crippen LogP contribution in [0.2, 0.25) is 0 Å². The van der Waals surface area contributed by atoms with E-state index in [1.165, 1.54) is 18.5 Å². The Morgan fingerprint density at radius 2 is 2.06 bits per heavy atom. The van der Waals surface area contributed by atoms with E-state index in [2.05, 4.69) is 17.0 Å². The van der Waals surface area contributed by atoms with Crippen LogP contribution in [-0.4, -0.2) is 26.3 Å². The first kappa shape index (κ1) is 12.2. The number of ether oxygens (including phenoxy) is 1. The number of hydrogen-bond donors (Lipinski definition) is 1. The highest BCUT2D eigenvalue weighted by molar-refractivity contribution is 5.50. The van der Waals surface area contributed by atoms with Crippen LogP contribution in [0.3, 0.4) is 0 Å². The monoisotopic (exact) mass is 236 g/mol. The van der Waals surface area contributed by atoms with Crippen LogP contribution in [0.25, 0.3) is 0 Å².